The van der Waals surface area contributed by atoms with Gasteiger partial charge in [-0.1, -0.05) is 50.2 Å². The van der Waals surface area contributed by atoms with Crippen LogP contribution < -0.4 is 10.1 Å². The summed E-state index contributed by atoms with van der Waals surface area (Å²) in [7, 11) is 1.62. The van der Waals surface area contributed by atoms with Crippen LogP contribution in [0.3, 0.4) is 0 Å². The summed E-state index contributed by atoms with van der Waals surface area (Å²) in [4.78, 5) is 27.8. The van der Waals surface area contributed by atoms with E-state index in [0.717, 1.165) is 16.9 Å². The summed E-state index contributed by atoms with van der Waals surface area (Å²) in [5.74, 6) is 1.01. The van der Waals surface area contributed by atoms with Crippen molar-refractivity contribution >= 4 is 11.8 Å². The highest BCUT2D eigenvalue weighted by Gasteiger charge is 2.28. The zero-order chi connectivity index (χ0) is 23.9. The summed E-state index contributed by atoms with van der Waals surface area (Å²) in [5, 5.41) is 3.00. The third kappa shape index (κ3) is 7.70. The second-order valence-corrected chi connectivity index (χ2v) is 9.68. The number of amides is 2. The molecule has 0 bridgehead atoms. The molecule has 0 aromatic heterocycles. The van der Waals surface area contributed by atoms with Crippen LogP contribution in [0.4, 0.5) is 0 Å². The van der Waals surface area contributed by atoms with Gasteiger partial charge >= 0.3 is 0 Å². The highest BCUT2D eigenvalue weighted by atomic mass is 16.5. The second kappa shape index (κ2) is 11.2. The minimum Gasteiger partial charge on any atom is -0.497 e. The number of hydrogen-bond acceptors (Lipinski definition) is 3. The van der Waals surface area contributed by atoms with Crippen LogP contribution in [0.2, 0.25) is 0 Å². The van der Waals surface area contributed by atoms with Crippen LogP contribution >= 0.6 is 0 Å². The maximum absolute atomic E-state index is 13.3. The van der Waals surface area contributed by atoms with E-state index in [1.807, 2.05) is 45.0 Å². The van der Waals surface area contributed by atoms with E-state index in [1.54, 1.807) is 18.9 Å². The zero-order valence-electron chi connectivity index (χ0n) is 20.6. The van der Waals surface area contributed by atoms with Crippen molar-refractivity contribution in [2.24, 2.45) is 0 Å². The van der Waals surface area contributed by atoms with E-state index < -0.39 is 6.04 Å². The fourth-order valence-corrected chi connectivity index (χ4v) is 3.49. The number of nitrogens with one attached hydrogen (secondary N) is 1. The molecule has 2 aromatic carbocycles. The van der Waals surface area contributed by atoms with Crippen LogP contribution in [-0.4, -0.2) is 35.4 Å². The van der Waals surface area contributed by atoms with Gasteiger partial charge in [0.15, 0.2) is 0 Å². The first-order chi connectivity index (χ1) is 15.0. The predicted octanol–water partition coefficient (Wildman–Crippen LogP) is 5.08. The molecule has 1 atom stereocenters. The Morgan fingerprint density at radius 2 is 1.66 bits per heavy atom. The Labute approximate surface area is 193 Å². The molecular weight excluding hydrogens is 400 g/mol. The molecule has 32 heavy (non-hydrogen) atoms. The standard InChI is InChI=1S/C27H38N2O3/c1-19(2)23-14-11-21(12-15-23)13-16-25(30)29(20(3)26(31)28-27(4,5)6)18-22-9-8-10-24(17-22)32-7/h8-12,14-15,17,19-20H,13,16,18H2,1-7H3,(H,28,31). The maximum Gasteiger partial charge on any atom is 0.242 e. The molecule has 0 spiro atoms. The van der Waals surface area contributed by atoms with Crippen LogP contribution in [0.5, 0.6) is 5.75 Å². The molecule has 0 saturated carbocycles. The minimum absolute atomic E-state index is 0.0442. The molecule has 5 nitrogen and oxygen atoms in total. The third-order valence-electron chi connectivity index (χ3n) is 5.43. The monoisotopic (exact) mass is 438 g/mol. The lowest BCUT2D eigenvalue weighted by Gasteiger charge is -2.31. The average molecular weight is 439 g/mol. The van der Waals surface area contributed by atoms with E-state index in [-0.39, 0.29) is 17.4 Å². The number of ether oxygens (including phenoxy) is 1. The first-order valence-corrected chi connectivity index (χ1v) is 11.3. The van der Waals surface area contributed by atoms with Crippen molar-refractivity contribution in [3.05, 3.63) is 65.2 Å². The SMILES string of the molecule is COc1cccc(CN(C(=O)CCc2ccc(C(C)C)cc2)C(C)C(=O)NC(C)(C)C)c1. The molecule has 0 aliphatic rings. The zero-order valence-corrected chi connectivity index (χ0v) is 20.6. The summed E-state index contributed by atoms with van der Waals surface area (Å²) in [6.45, 7) is 12.3. The summed E-state index contributed by atoms with van der Waals surface area (Å²) in [6.07, 6.45) is 0.984. The van der Waals surface area contributed by atoms with Crippen LogP contribution in [0.15, 0.2) is 48.5 Å². The maximum atomic E-state index is 13.3. The summed E-state index contributed by atoms with van der Waals surface area (Å²) in [6, 6.07) is 15.4. The fraction of sp³-hybridized carbons (Fsp3) is 0.481. The van der Waals surface area contributed by atoms with Crippen molar-refractivity contribution in [2.45, 2.75) is 78.4 Å². The van der Waals surface area contributed by atoms with E-state index in [4.69, 9.17) is 4.74 Å². The first kappa shape index (κ1) is 25.4. The van der Waals surface area contributed by atoms with Gasteiger partial charge in [-0.25, -0.2) is 0 Å². The number of nitrogens with zero attached hydrogens (tertiary/aromatic N) is 1. The molecular formula is C27H38N2O3. The van der Waals surface area contributed by atoms with E-state index in [0.29, 0.717) is 25.3 Å². The van der Waals surface area contributed by atoms with Gasteiger partial charge in [-0.3, -0.25) is 9.59 Å². The molecule has 174 valence electrons. The first-order valence-electron chi connectivity index (χ1n) is 11.3. The van der Waals surface area contributed by atoms with Crippen LogP contribution in [0.1, 0.15) is 70.6 Å². The second-order valence-electron chi connectivity index (χ2n) is 9.68. The van der Waals surface area contributed by atoms with E-state index in [2.05, 4.69) is 43.4 Å². The highest BCUT2D eigenvalue weighted by Crippen LogP contribution is 2.19. The molecule has 1 N–H and O–H groups in total. The molecule has 0 aliphatic heterocycles. The Kier molecular flexibility index (Phi) is 8.88. The number of rotatable bonds is 9. The number of carbonyl (C=O) groups is 2. The molecule has 0 saturated heterocycles. The fourth-order valence-electron chi connectivity index (χ4n) is 3.49. The lowest BCUT2D eigenvalue weighted by Crippen LogP contribution is -2.52. The normalized spacial score (nSPS) is 12.4. The molecule has 0 fully saturated rings. The molecule has 2 amide bonds. The van der Waals surface area contributed by atoms with Crippen molar-refractivity contribution in [3.8, 4) is 5.75 Å². The smallest absolute Gasteiger partial charge is 0.242 e. The number of aryl methyl sites for hydroxylation is 1. The Morgan fingerprint density at radius 3 is 2.22 bits per heavy atom. The van der Waals surface area contributed by atoms with Crippen LogP contribution in [0.25, 0.3) is 0 Å². The Bertz CT molecular complexity index is 898. The van der Waals surface area contributed by atoms with Gasteiger partial charge in [0.2, 0.25) is 11.8 Å². The molecule has 2 rings (SSSR count). The van der Waals surface area contributed by atoms with Crippen LogP contribution in [0, 0.1) is 0 Å². The van der Waals surface area contributed by atoms with Crippen molar-refractivity contribution in [3.63, 3.8) is 0 Å². The van der Waals surface area contributed by atoms with Gasteiger partial charge in [-0.2, -0.15) is 0 Å². The van der Waals surface area contributed by atoms with Gasteiger partial charge in [0.25, 0.3) is 0 Å². The number of methoxy groups -OCH3 is 1. The summed E-state index contributed by atoms with van der Waals surface area (Å²) < 4.78 is 5.32. The number of benzene rings is 2. The molecule has 0 radical (unpaired) electrons. The topological polar surface area (TPSA) is 58.6 Å². The van der Waals surface area contributed by atoms with Crippen molar-refractivity contribution in [1.29, 1.82) is 0 Å². The molecule has 0 aliphatic carbocycles. The highest BCUT2D eigenvalue weighted by molar-refractivity contribution is 5.87. The largest absolute Gasteiger partial charge is 0.497 e. The lowest BCUT2D eigenvalue weighted by atomic mass is 10.00. The van der Waals surface area contributed by atoms with Crippen molar-refractivity contribution < 1.29 is 14.3 Å². The molecule has 2 aromatic rings. The summed E-state index contributed by atoms with van der Waals surface area (Å²) >= 11 is 0. The Hall–Kier alpha value is -2.82. The summed E-state index contributed by atoms with van der Waals surface area (Å²) in [5.41, 5.74) is 2.96. The van der Waals surface area contributed by atoms with Crippen LogP contribution in [-0.2, 0) is 22.6 Å². The van der Waals surface area contributed by atoms with E-state index in [9.17, 15) is 9.59 Å². The Morgan fingerprint density at radius 1 is 1.00 bits per heavy atom. The van der Waals surface area contributed by atoms with Gasteiger partial charge in [0, 0.05) is 18.5 Å². The molecule has 1 unspecified atom stereocenters. The van der Waals surface area contributed by atoms with Gasteiger partial charge < -0.3 is 15.0 Å². The molecule has 0 heterocycles. The van der Waals surface area contributed by atoms with E-state index >= 15 is 0 Å². The molecule has 5 heteroatoms. The van der Waals surface area contributed by atoms with Gasteiger partial charge in [0.1, 0.15) is 11.8 Å². The van der Waals surface area contributed by atoms with Crippen molar-refractivity contribution in [2.75, 3.05) is 7.11 Å². The number of carbonyl (C=O) groups excluding carboxylic acids is 2. The average Bonchev–Trinajstić information content (AvgIpc) is 2.74. The van der Waals surface area contributed by atoms with E-state index in [1.165, 1.54) is 5.56 Å². The minimum atomic E-state index is -0.587. The quantitative estimate of drug-likeness (QED) is 0.594. The number of hydrogen-bond donors (Lipinski definition) is 1. The predicted molar refractivity (Wildman–Crippen MR) is 130 cm³/mol. The van der Waals surface area contributed by atoms with Gasteiger partial charge in [-0.15, -0.1) is 0 Å². The van der Waals surface area contributed by atoms with Gasteiger partial charge in [0.05, 0.1) is 7.11 Å². The van der Waals surface area contributed by atoms with Crippen molar-refractivity contribution in [1.82, 2.24) is 10.2 Å². The Balaban J connectivity index is 2.17. The lowest BCUT2D eigenvalue weighted by molar-refractivity contribution is -0.141. The van der Waals surface area contributed by atoms with Gasteiger partial charge in [-0.05, 0) is 68.9 Å². The third-order valence-corrected chi connectivity index (χ3v) is 5.43.